The van der Waals surface area contributed by atoms with Crippen LogP contribution in [0.2, 0.25) is 0 Å². The van der Waals surface area contributed by atoms with Crippen molar-refractivity contribution in [3.05, 3.63) is 70.4 Å². The van der Waals surface area contributed by atoms with Gasteiger partial charge in [0, 0.05) is 36.6 Å². The van der Waals surface area contributed by atoms with Crippen molar-refractivity contribution in [3.63, 3.8) is 0 Å². The average molecular weight is 561 g/mol. The van der Waals surface area contributed by atoms with Gasteiger partial charge in [-0.25, -0.2) is 15.8 Å². The van der Waals surface area contributed by atoms with Crippen molar-refractivity contribution in [2.75, 3.05) is 25.3 Å². The molecule has 13 heteroatoms. The fraction of sp³-hybridized carbons (Fsp3) is 0.393. The van der Waals surface area contributed by atoms with Gasteiger partial charge in [-0.15, -0.1) is 0 Å². The summed E-state index contributed by atoms with van der Waals surface area (Å²) in [5.74, 6) is 7.45. The zero-order chi connectivity index (χ0) is 29.1. The number of rotatable bonds is 13. The molecule has 1 aliphatic heterocycles. The van der Waals surface area contributed by atoms with Crippen molar-refractivity contribution in [1.29, 1.82) is 10.9 Å². The lowest BCUT2D eigenvalue weighted by molar-refractivity contribution is -0.117. The summed E-state index contributed by atoms with van der Waals surface area (Å²) in [5.41, 5.74) is 19.5. The van der Waals surface area contributed by atoms with Crippen LogP contribution < -0.4 is 26.6 Å². The molecular formula is C28H36N10O3. The van der Waals surface area contributed by atoms with Gasteiger partial charge < -0.3 is 29.9 Å². The zero-order valence-corrected chi connectivity index (χ0v) is 23.3. The van der Waals surface area contributed by atoms with E-state index >= 15 is 0 Å². The number of hydrogen-bond acceptors (Lipinski definition) is 10. The minimum Gasteiger partial charge on any atom is -0.496 e. The second-order valence-corrected chi connectivity index (χ2v) is 10.5. The third kappa shape index (κ3) is 6.15. The van der Waals surface area contributed by atoms with Gasteiger partial charge in [0.05, 0.1) is 38.2 Å². The minimum absolute atomic E-state index is 0.0702. The molecule has 3 heterocycles. The maximum atomic E-state index is 12.9. The van der Waals surface area contributed by atoms with Gasteiger partial charge >= 0.3 is 0 Å². The molecule has 1 saturated carbocycles. The Kier molecular flexibility index (Phi) is 8.17. The first kappa shape index (κ1) is 28.1. The third-order valence-electron chi connectivity index (χ3n) is 7.52. The highest BCUT2D eigenvalue weighted by molar-refractivity contribution is 5.92. The van der Waals surface area contributed by atoms with E-state index in [2.05, 4.69) is 27.2 Å². The van der Waals surface area contributed by atoms with Gasteiger partial charge in [-0.2, -0.15) is 5.53 Å². The van der Waals surface area contributed by atoms with Crippen LogP contribution in [0.15, 0.2) is 47.7 Å². The summed E-state index contributed by atoms with van der Waals surface area (Å²) in [6.45, 7) is 3.73. The van der Waals surface area contributed by atoms with Crippen LogP contribution in [0.4, 0.5) is 5.69 Å². The Hall–Kier alpha value is -4.49. The van der Waals surface area contributed by atoms with E-state index in [-0.39, 0.29) is 18.8 Å². The monoisotopic (exact) mass is 560 g/mol. The van der Waals surface area contributed by atoms with Gasteiger partial charge in [-0.1, -0.05) is 11.3 Å². The maximum Gasteiger partial charge on any atom is 0.268 e. The molecule has 7 N–H and O–H groups in total. The second kappa shape index (κ2) is 11.9. The van der Waals surface area contributed by atoms with Gasteiger partial charge in [-0.3, -0.25) is 10.2 Å². The van der Waals surface area contributed by atoms with E-state index < -0.39 is 5.91 Å². The van der Waals surface area contributed by atoms with E-state index in [1.165, 1.54) is 35.2 Å². The summed E-state index contributed by atoms with van der Waals surface area (Å²) in [6, 6.07) is 5.68. The quantitative estimate of drug-likeness (QED) is 0.0528. The van der Waals surface area contributed by atoms with Crippen LogP contribution >= 0.6 is 0 Å². The first-order chi connectivity index (χ1) is 19.8. The smallest absolute Gasteiger partial charge is 0.268 e. The molecule has 2 aliphatic rings. The largest absolute Gasteiger partial charge is 0.496 e. The van der Waals surface area contributed by atoms with E-state index in [0.29, 0.717) is 28.8 Å². The lowest BCUT2D eigenvalue weighted by Gasteiger charge is -2.26. The number of anilines is 1. The van der Waals surface area contributed by atoms with E-state index in [9.17, 15) is 4.79 Å². The summed E-state index contributed by atoms with van der Waals surface area (Å²) in [7, 11) is 1.55. The highest BCUT2D eigenvalue weighted by Crippen LogP contribution is 2.41. The van der Waals surface area contributed by atoms with Crippen molar-refractivity contribution in [2.45, 2.75) is 45.2 Å². The number of carbonyl (C=O) groups excluding carboxylic acids is 1. The van der Waals surface area contributed by atoms with E-state index in [0.717, 1.165) is 47.9 Å². The predicted molar refractivity (Wildman–Crippen MR) is 153 cm³/mol. The van der Waals surface area contributed by atoms with Crippen LogP contribution in [-0.2, 0) is 29.0 Å². The summed E-state index contributed by atoms with van der Waals surface area (Å²) in [4.78, 5) is 17.7. The highest BCUT2D eigenvalue weighted by atomic mass is 16.5. The van der Waals surface area contributed by atoms with Crippen LogP contribution in [0.1, 0.15) is 46.7 Å². The molecule has 1 aliphatic carbocycles. The summed E-state index contributed by atoms with van der Waals surface area (Å²) < 4.78 is 12.9. The van der Waals surface area contributed by atoms with Crippen LogP contribution in [0, 0.1) is 23.8 Å². The highest BCUT2D eigenvalue weighted by Gasteiger charge is 2.27. The van der Waals surface area contributed by atoms with E-state index in [1.54, 1.807) is 19.2 Å². The number of ether oxygens (including phenoxy) is 2. The molecule has 216 valence electrons. The Morgan fingerprint density at radius 1 is 1.34 bits per heavy atom. The molecular weight excluding hydrogens is 524 g/mol. The molecule has 13 nitrogen and oxygen atoms in total. The number of aromatic nitrogens is 2. The topological polar surface area (TPSA) is 183 Å². The van der Waals surface area contributed by atoms with Crippen molar-refractivity contribution >= 4 is 23.6 Å². The van der Waals surface area contributed by atoms with Crippen LogP contribution in [0.3, 0.4) is 0 Å². The molecule has 1 aromatic carbocycles. The number of nitrogens with zero attached hydrogens (tertiary/aromatic N) is 5. The first-order valence-corrected chi connectivity index (χ1v) is 13.5. The fourth-order valence-electron chi connectivity index (χ4n) is 5.10. The predicted octanol–water partition coefficient (Wildman–Crippen LogP) is 2.87. The molecule has 0 unspecified atom stereocenters. The van der Waals surface area contributed by atoms with Crippen molar-refractivity contribution in [1.82, 2.24) is 19.7 Å². The van der Waals surface area contributed by atoms with Crippen LogP contribution in [0.25, 0.3) is 5.65 Å². The Labute approximate surface area is 238 Å². The van der Waals surface area contributed by atoms with E-state index in [4.69, 9.17) is 37.0 Å². The number of amides is 1. The number of hydrazine groups is 1. The van der Waals surface area contributed by atoms with Crippen LogP contribution in [-0.4, -0.2) is 47.0 Å². The number of carbonyl (C=O) groups is 1. The van der Waals surface area contributed by atoms with Crippen molar-refractivity contribution in [2.24, 2.45) is 22.7 Å². The molecule has 2 aromatic heterocycles. The van der Waals surface area contributed by atoms with Crippen LogP contribution in [0.5, 0.6) is 5.75 Å². The van der Waals surface area contributed by atoms with Crippen molar-refractivity contribution in [3.8, 4) is 5.75 Å². The molecule has 2 fully saturated rings. The number of fused-ring (bicyclic) bond motifs is 1. The Morgan fingerprint density at radius 2 is 2.12 bits per heavy atom. The summed E-state index contributed by atoms with van der Waals surface area (Å²) in [5, 5.41) is 16.1. The molecule has 0 radical (unpaired) electrons. The molecule has 0 spiro atoms. The number of hydrogen-bond donors (Lipinski definition) is 5. The summed E-state index contributed by atoms with van der Waals surface area (Å²) >= 11 is 0. The van der Waals surface area contributed by atoms with Gasteiger partial charge in [0.15, 0.2) is 0 Å². The number of imidazole rings is 1. The Balaban J connectivity index is 1.28. The van der Waals surface area contributed by atoms with Gasteiger partial charge in [0.2, 0.25) is 0 Å². The van der Waals surface area contributed by atoms with Crippen molar-refractivity contribution < 1.29 is 14.3 Å². The standard InChI is InChI=1S/C28H36N10O3/c1-17-23(25(38(16-29)35-31)5-6-26(17)40-2)9-33-28(39)24(30)13-37(32)12-22-11-36-10-21(19-3-4-19)8-20(27(36)34-22)7-18-14-41-15-18/h5-6,8,10-11,13,16,18-19,29,31H,3-4,7,9,12,14-15,30,32H2,1-2H3,(H,33,39)/b24-13-,29-16?,35-31?. The SMILES string of the molecule is COc1ccc(N(C=N)N=N)c(CNC(=O)/C(N)=C/N(N)Cc2cn3cc(C4CC4)cc(CC4COC4)c3n2)c1C. The number of benzene rings is 1. The molecule has 1 saturated heterocycles. The number of methoxy groups -OCH3 is 1. The van der Waals surface area contributed by atoms with E-state index in [1.807, 2.05) is 13.1 Å². The second-order valence-electron chi connectivity index (χ2n) is 10.5. The fourth-order valence-corrected chi connectivity index (χ4v) is 5.10. The van der Waals surface area contributed by atoms with Gasteiger partial charge in [0.25, 0.3) is 5.91 Å². The number of nitrogens with one attached hydrogen (secondary N) is 3. The summed E-state index contributed by atoms with van der Waals surface area (Å²) in [6.07, 6.45) is 9.81. The van der Waals surface area contributed by atoms with Gasteiger partial charge in [0.1, 0.15) is 23.4 Å². The Morgan fingerprint density at radius 3 is 2.76 bits per heavy atom. The molecule has 0 atom stereocenters. The maximum absolute atomic E-state index is 12.9. The normalized spacial score (nSPS) is 15.3. The lowest BCUT2D eigenvalue weighted by Crippen LogP contribution is -2.33. The number of nitrogens with two attached hydrogens (primary N) is 2. The molecule has 3 aromatic rings. The third-order valence-corrected chi connectivity index (χ3v) is 7.52. The molecule has 5 rings (SSSR count). The molecule has 1 amide bonds. The number of pyridine rings is 1. The first-order valence-electron chi connectivity index (χ1n) is 13.5. The average Bonchev–Trinajstić information content (AvgIpc) is 3.70. The molecule has 0 bridgehead atoms. The minimum atomic E-state index is -0.521. The van der Waals surface area contributed by atoms with Gasteiger partial charge in [-0.05, 0) is 60.9 Å². The molecule has 41 heavy (non-hydrogen) atoms. The Bertz CT molecular complexity index is 1480. The zero-order valence-electron chi connectivity index (χ0n) is 23.3. The lowest BCUT2D eigenvalue weighted by atomic mass is 9.97.